The highest BCUT2D eigenvalue weighted by Crippen LogP contribution is 1.81. The predicted octanol–water partition coefficient (Wildman–Crippen LogP) is -0.781. The van der Waals surface area contributed by atoms with Gasteiger partial charge in [0.2, 0.25) is 0 Å². The molecular formula is C2H7N3OS. The molecule has 5 heteroatoms. The highest BCUT2D eigenvalue weighted by Gasteiger charge is 1.84. The van der Waals surface area contributed by atoms with Crippen molar-refractivity contribution in [3.63, 3.8) is 0 Å². The van der Waals surface area contributed by atoms with Crippen molar-refractivity contribution in [2.75, 3.05) is 5.88 Å². The minimum absolute atomic E-state index is 0.350. The fraction of sp³-hybridized carbons (Fsp3) is 0.500. The second kappa shape index (κ2) is 3.76. The molecule has 0 aliphatic carbocycles. The molecule has 0 radical (unpaired) electrons. The van der Waals surface area contributed by atoms with Crippen LogP contribution in [0.1, 0.15) is 0 Å². The third-order valence-corrected chi connectivity index (χ3v) is 0.768. The summed E-state index contributed by atoms with van der Waals surface area (Å²) in [6.07, 6.45) is 0. The zero-order valence-electron chi connectivity index (χ0n) is 3.68. The summed E-state index contributed by atoms with van der Waals surface area (Å²) >= 11 is 1.07. The van der Waals surface area contributed by atoms with Crippen LogP contribution in [0.5, 0.6) is 0 Å². The van der Waals surface area contributed by atoms with E-state index in [1.807, 2.05) is 0 Å². The second-order valence-corrected chi connectivity index (χ2v) is 1.60. The summed E-state index contributed by atoms with van der Waals surface area (Å²) in [6.45, 7) is 0. The molecule has 5 N–H and O–H groups in total. The Morgan fingerprint density at radius 3 is 2.57 bits per heavy atom. The molecule has 0 aromatic heterocycles. The molecule has 0 heterocycles. The van der Waals surface area contributed by atoms with Crippen molar-refractivity contribution in [1.82, 2.24) is 4.72 Å². The van der Waals surface area contributed by atoms with Crippen LogP contribution in [0, 0.1) is 0 Å². The van der Waals surface area contributed by atoms with Gasteiger partial charge >= 0.3 is 6.03 Å². The maximum Gasteiger partial charge on any atom is 0.322 e. The lowest BCUT2D eigenvalue weighted by molar-refractivity contribution is 0.254. The van der Waals surface area contributed by atoms with Crippen molar-refractivity contribution in [3.8, 4) is 0 Å². The highest BCUT2D eigenvalue weighted by molar-refractivity contribution is 7.97. The van der Waals surface area contributed by atoms with E-state index < -0.39 is 6.03 Å². The average molecular weight is 121 g/mol. The van der Waals surface area contributed by atoms with E-state index in [1.54, 1.807) is 0 Å². The topological polar surface area (TPSA) is 81.1 Å². The summed E-state index contributed by atoms with van der Waals surface area (Å²) in [5, 5.41) is 0. The number of nitrogens with two attached hydrogens (primary N) is 2. The van der Waals surface area contributed by atoms with Gasteiger partial charge in [-0.25, -0.2) is 4.79 Å². The number of rotatable bonds is 2. The standard InChI is InChI=1S/C2H7N3OS/c3-1-7-5-2(4)6/h1,3H2,(H3,4,5,6). The van der Waals surface area contributed by atoms with Crippen molar-refractivity contribution in [2.45, 2.75) is 0 Å². The molecule has 42 valence electrons. The molecule has 0 rings (SSSR count). The zero-order chi connectivity index (χ0) is 5.70. The van der Waals surface area contributed by atoms with Crippen LogP contribution in [-0.4, -0.2) is 11.9 Å². The monoisotopic (exact) mass is 121 g/mol. The number of amides is 2. The van der Waals surface area contributed by atoms with Crippen LogP contribution in [0.3, 0.4) is 0 Å². The van der Waals surface area contributed by atoms with Crippen LogP contribution in [0.2, 0.25) is 0 Å². The van der Waals surface area contributed by atoms with E-state index in [-0.39, 0.29) is 0 Å². The molecule has 0 aliphatic heterocycles. The lowest BCUT2D eigenvalue weighted by Crippen LogP contribution is -2.24. The maximum absolute atomic E-state index is 9.79. The summed E-state index contributed by atoms with van der Waals surface area (Å²) < 4.78 is 2.23. The normalized spacial score (nSPS) is 8.14. The summed E-state index contributed by atoms with van der Waals surface area (Å²) in [7, 11) is 0. The summed E-state index contributed by atoms with van der Waals surface area (Å²) in [5.74, 6) is 0.350. The molecule has 0 aliphatic rings. The first-order chi connectivity index (χ1) is 3.27. The Morgan fingerprint density at radius 1 is 1.86 bits per heavy atom. The van der Waals surface area contributed by atoms with Crippen LogP contribution in [0.4, 0.5) is 4.79 Å². The smallest absolute Gasteiger partial charge is 0.322 e. The van der Waals surface area contributed by atoms with Gasteiger partial charge in [-0.1, -0.05) is 0 Å². The number of carbonyl (C=O) groups is 1. The van der Waals surface area contributed by atoms with Gasteiger partial charge in [0.05, 0.1) is 5.88 Å². The quantitative estimate of drug-likeness (QED) is 0.331. The zero-order valence-corrected chi connectivity index (χ0v) is 4.49. The Labute approximate surface area is 45.8 Å². The number of primary amides is 1. The van der Waals surface area contributed by atoms with E-state index in [1.165, 1.54) is 0 Å². The summed E-state index contributed by atoms with van der Waals surface area (Å²) in [4.78, 5) is 9.79. The lowest BCUT2D eigenvalue weighted by Gasteiger charge is -1.92. The number of nitrogens with one attached hydrogen (secondary N) is 1. The summed E-state index contributed by atoms with van der Waals surface area (Å²) in [5.41, 5.74) is 9.62. The van der Waals surface area contributed by atoms with E-state index in [4.69, 9.17) is 5.73 Å². The first-order valence-electron chi connectivity index (χ1n) is 1.64. The average Bonchev–Trinajstić information content (AvgIpc) is 1.61. The van der Waals surface area contributed by atoms with E-state index in [0.29, 0.717) is 5.88 Å². The van der Waals surface area contributed by atoms with Crippen molar-refractivity contribution in [3.05, 3.63) is 0 Å². The Bertz CT molecular complexity index is 66.0. The Balaban J connectivity index is 2.82. The van der Waals surface area contributed by atoms with Crippen molar-refractivity contribution >= 4 is 18.0 Å². The maximum atomic E-state index is 9.79. The number of hydrogen-bond donors (Lipinski definition) is 3. The molecule has 7 heavy (non-hydrogen) atoms. The van der Waals surface area contributed by atoms with Gasteiger partial charge in [-0.2, -0.15) is 0 Å². The third-order valence-electron chi connectivity index (χ3n) is 0.256. The number of urea groups is 1. The van der Waals surface area contributed by atoms with Gasteiger partial charge in [0.15, 0.2) is 0 Å². The molecule has 0 spiro atoms. The molecule has 0 aromatic carbocycles. The Kier molecular flexibility index (Phi) is 3.53. The Morgan fingerprint density at radius 2 is 2.43 bits per heavy atom. The molecule has 4 nitrogen and oxygen atoms in total. The first kappa shape index (κ1) is 6.58. The summed E-state index contributed by atoms with van der Waals surface area (Å²) in [6, 6.07) is -0.560. The van der Waals surface area contributed by atoms with E-state index >= 15 is 0 Å². The van der Waals surface area contributed by atoms with E-state index in [2.05, 4.69) is 10.5 Å². The van der Waals surface area contributed by atoms with Crippen LogP contribution < -0.4 is 16.2 Å². The third kappa shape index (κ3) is 5.58. The van der Waals surface area contributed by atoms with Crippen LogP contribution >= 0.6 is 11.9 Å². The molecule has 0 saturated carbocycles. The van der Waals surface area contributed by atoms with Crippen LogP contribution in [0.15, 0.2) is 0 Å². The van der Waals surface area contributed by atoms with Crippen LogP contribution in [0.25, 0.3) is 0 Å². The Hall–Kier alpha value is -0.420. The lowest BCUT2D eigenvalue weighted by atomic mass is 11.2. The molecule has 2 amide bonds. The van der Waals surface area contributed by atoms with Crippen molar-refractivity contribution in [2.24, 2.45) is 11.5 Å². The molecule has 0 fully saturated rings. The van der Waals surface area contributed by atoms with Gasteiger partial charge < -0.3 is 11.5 Å². The molecule has 0 saturated heterocycles. The fourth-order valence-corrected chi connectivity index (χ4v) is 0.338. The highest BCUT2D eigenvalue weighted by atomic mass is 32.2. The second-order valence-electron chi connectivity index (χ2n) is 0.777. The number of hydrogen-bond acceptors (Lipinski definition) is 3. The SMILES string of the molecule is NCSNC(N)=O. The molecule has 0 aromatic rings. The van der Waals surface area contributed by atoms with Gasteiger partial charge in [0.25, 0.3) is 0 Å². The number of carbonyl (C=O) groups excluding carboxylic acids is 1. The van der Waals surface area contributed by atoms with Gasteiger partial charge in [-0.05, 0) is 11.9 Å². The molecule has 0 unspecified atom stereocenters. The minimum atomic E-state index is -0.560. The molecule has 0 atom stereocenters. The van der Waals surface area contributed by atoms with Gasteiger partial charge in [0.1, 0.15) is 0 Å². The largest absolute Gasteiger partial charge is 0.351 e. The van der Waals surface area contributed by atoms with Gasteiger partial charge in [-0.15, -0.1) is 0 Å². The van der Waals surface area contributed by atoms with Gasteiger partial charge in [-0.3, -0.25) is 4.72 Å². The first-order valence-corrected chi connectivity index (χ1v) is 2.63. The fourth-order valence-electron chi connectivity index (χ4n) is 0.113. The van der Waals surface area contributed by atoms with E-state index in [0.717, 1.165) is 11.9 Å². The van der Waals surface area contributed by atoms with Crippen LogP contribution in [-0.2, 0) is 0 Å². The van der Waals surface area contributed by atoms with E-state index in [9.17, 15) is 4.79 Å². The molecular weight excluding hydrogens is 114 g/mol. The molecule has 0 bridgehead atoms. The minimum Gasteiger partial charge on any atom is -0.351 e. The van der Waals surface area contributed by atoms with Gasteiger partial charge in [0, 0.05) is 0 Å². The van der Waals surface area contributed by atoms with Crippen molar-refractivity contribution < 1.29 is 4.79 Å². The van der Waals surface area contributed by atoms with Crippen molar-refractivity contribution in [1.29, 1.82) is 0 Å². The predicted molar refractivity (Wildman–Crippen MR) is 29.4 cm³/mol.